The second-order valence-corrected chi connectivity index (χ2v) is 3.52. The number of hydrogen-bond donors (Lipinski definition) is 1. The standard InChI is InChI=1S/C11H9N3O5/c1-7-9(4-5-18-7)11(15)13-12-6-8-2-3-10(19-8)14(16)17/h2-6H,1H3,(H,13,15)/b12-6+. The predicted molar refractivity (Wildman–Crippen MR) is 63.9 cm³/mol. The van der Waals surface area contributed by atoms with E-state index < -0.39 is 16.7 Å². The lowest BCUT2D eigenvalue weighted by Crippen LogP contribution is -2.17. The Hall–Kier alpha value is -2.90. The molecular weight excluding hydrogens is 254 g/mol. The molecule has 0 unspecified atom stereocenters. The summed E-state index contributed by atoms with van der Waals surface area (Å²) in [4.78, 5) is 21.3. The van der Waals surface area contributed by atoms with Crippen molar-refractivity contribution in [3.8, 4) is 0 Å². The van der Waals surface area contributed by atoms with Crippen molar-refractivity contribution < 1.29 is 18.6 Å². The van der Waals surface area contributed by atoms with Gasteiger partial charge in [-0.2, -0.15) is 5.10 Å². The number of carbonyl (C=O) groups is 1. The van der Waals surface area contributed by atoms with Gasteiger partial charge in [0.15, 0.2) is 5.76 Å². The zero-order chi connectivity index (χ0) is 13.8. The molecule has 1 N–H and O–H groups in total. The average molecular weight is 263 g/mol. The molecule has 0 bridgehead atoms. The smallest absolute Gasteiger partial charge is 0.433 e. The van der Waals surface area contributed by atoms with Crippen molar-refractivity contribution in [2.45, 2.75) is 6.92 Å². The maximum absolute atomic E-state index is 11.6. The summed E-state index contributed by atoms with van der Waals surface area (Å²) in [5, 5.41) is 14.0. The van der Waals surface area contributed by atoms with Crippen LogP contribution in [-0.2, 0) is 0 Å². The van der Waals surface area contributed by atoms with E-state index in [0.29, 0.717) is 11.3 Å². The second-order valence-electron chi connectivity index (χ2n) is 3.52. The minimum Gasteiger partial charge on any atom is -0.469 e. The Bertz CT molecular complexity index is 640. The first-order valence-corrected chi connectivity index (χ1v) is 5.19. The minimum absolute atomic E-state index is 0.163. The van der Waals surface area contributed by atoms with Crippen LogP contribution < -0.4 is 5.43 Å². The van der Waals surface area contributed by atoms with Crippen molar-refractivity contribution in [3.63, 3.8) is 0 Å². The molecular formula is C11H9N3O5. The van der Waals surface area contributed by atoms with Crippen molar-refractivity contribution in [2.75, 3.05) is 0 Å². The van der Waals surface area contributed by atoms with Crippen molar-refractivity contribution in [2.24, 2.45) is 5.10 Å². The van der Waals surface area contributed by atoms with Gasteiger partial charge >= 0.3 is 5.88 Å². The highest BCUT2D eigenvalue weighted by Gasteiger charge is 2.11. The molecule has 8 nitrogen and oxygen atoms in total. The van der Waals surface area contributed by atoms with E-state index in [1.54, 1.807) is 6.92 Å². The minimum atomic E-state index is -0.662. The van der Waals surface area contributed by atoms with Crippen LogP contribution in [0.2, 0.25) is 0 Å². The lowest BCUT2D eigenvalue weighted by atomic mass is 10.2. The molecule has 0 saturated carbocycles. The number of amides is 1. The van der Waals surface area contributed by atoms with Crippen LogP contribution in [0.1, 0.15) is 21.9 Å². The number of hydrazone groups is 1. The molecule has 98 valence electrons. The van der Waals surface area contributed by atoms with Gasteiger partial charge in [0.05, 0.1) is 24.1 Å². The quantitative estimate of drug-likeness (QED) is 0.514. The van der Waals surface area contributed by atoms with Crippen molar-refractivity contribution in [1.29, 1.82) is 0 Å². The maximum atomic E-state index is 11.6. The Morgan fingerprint density at radius 3 is 2.84 bits per heavy atom. The molecule has 0 aromatic carbocycles. The van der Waals surface area contributed by atoms with E-state index in [-0.39, 0.29) is 5.76 Å². The Kier molecular flexibility index (Phi) is 3.42. The van der Waals surface area contributed by atoms with Crippen LogP contribution >= 0.6 is 0 Å². The molecule has 0 aliphatic carbocycles. The van der Waals surface area contributed by atoms with Crippen molar-refractivity contribution >= 4 is 18.0 Å². The summed E-state index contributed by atoms with van der Waals surface area (Å²) in [6.07, 6.45) is 2.56. The molecule has 2 aromatic heterocycles. The van der Waals surface area contributed by atoms with Gasteiger partial charge in [0.25, 0.3) is 5.91 Å². The number of nitrogens with one attached hydrogen (secondary N) is 1. The number of hydrogen-bond acceptors (Lipinski definition) is 6. The van der Waals surface area contributed by atoms with Crippen molar-refractivity contribution in [1.82, 2.24) is 5.43 Å². The average Bonchev–Trinajstić information content (AvgIpc) is 2.97. The topological polar surface area (TPSA) is 111 Å². The van der Waals surface area contributed by atoms with Crippen LogP contribution in [0.25, 0.3) is 0 Å². The molecule has 0 aliphatic rings. The lowest BCUT2D eigenvalue weighted by Gasteiger charge is -1.96. The Morgan fingerprint density at radius 2 is 2.26 bits per heavy atom. The molecule has 8 heteroatoms. The van der Waals surface area contributed by atoms with Crippen LogP contribution in [-0.4, -0.2) is 17.0 Å². The first-order chi connectivity index (χ1) is 9.08. The fourth-order valence-corrected chi connectivity index (χ4v) is 1.34. The van der Waals surface area contributed by atoms with Crippen LogP contribution in [0.5, 0.6) is 0 Å². The SMILES string of the molecule is Cc1occc1C(=O)N/N=C/c1ccc([N+](=O)[O-])o1. The van der Waals surface area contributed by atoms with Gasteiger partial charge in [0, 0.05) is 0 Å². The second kappa shape index (κ2) is 5.17. The summed E-state index contributed by atoms with van der Waals surface area (Å²) < 4.78 is 9.80. The van der Waals surface area contributed by atoms with E-state index in [9.17, 15) is 14.9 Å². The highest BCUT2D eigenvalue weighted by atomic mass is 16.6. The third kappa shape index (κ3) is 2.86. The maximum Gasteiger partial charge on any atom is 0.433 e. The van der Waals surface area contributed by atoms with E-state index in [0.717, 1.165) is 0 Å². The fraction of sp³-hybridized carbons (Fsp3) is 0.0909. The van der Waals surface area contributed by atoms with Gasteiger partial charge < -0.3 is 8.83 Å². The van der Waals surface area contributed by atoms with Gasteiger partial charge in [-0.05, 0) is 19.1 Å². The normalized spacial score (nSPS) is 10.8. The van der Waals surface area contributed by atoms with Gasteiger partial charge in [-0.15, -0.1) is 0 Å². The Balaban J connectivity index is 1.98. The van der Waals surface area contributed by atoms with Crippen LogP contribution in [0, 0.1) is 17.0 Å². The molecule has 2 rings (SSSR count). The van der Waals surface area contributed by atoms with Gasteiger partial charge in [0.2, 0.25) is 0 Å². The van der Waals surface area contributed by atoms with E-state index >= 15 is 0 Å². The summed E-state index contributed by atoms with van der Waals surface area (Å²) in [6, 6.07) is 4.08. The number of furan rings is 2. The molecule has 1 amide bonds. The fourth-order valence-electron chi connectivity index (χ4n) is 1.34. The molecule has 0 spiro atoms. The zero-order valence-corrected chi connectivity index (χ0v) is 9.82. The highest BCUT2D eigenvalue weighted by Crippen LogP contribution is 2.13. The first kappa shape index (κ1) is 12.6. The number of aryl methyl sites for hydroxylation is 1. The monoisotopic (exact) mass is 263 g/mol. The van der Waals surface area contributed by atoms with Crippen molar-refractivity contribution in [3.05, 3.63) is 51.7 Å². The van der Waals surface area contributed by atoms with E-state index in [1.807, 2.05) is 0 Å². The lowest BCUT2D eigenvalue weighted by molar-refractivity contribution is -0.402. The number of nitrogens with zero attached hydrogens (tertiary/aromatic N) is 2. The molecule has 0 radical (unpaired) electrons. The van der Waals surface area contributed by atoms with Gasteiger partial charge in [0.1, 0.15) is 10.7 Å². The largest absolute Gasteiger partial charge is 0.469 e. The Morgan fingerprint density at radius 1 is 1.47 bits per heavy atom. The summed E-state index contributed by atoms with van der Waals surface area (Å²) in [7, 11) is 0. The zero-order valence-electron chi connectivity index (χ0n) is 9.82. The van der Waals surface area contributed by atoms with E-state index in [1.165, 1.54) is 30.7 Å². The number of carbonyl (C=O) groups excluding carboxylic acids is 1. The summed E-state index contributed by atoms with van der Waals surface area (Å²) >= 11 is 0. The summed E-state index contributed by atoms with van der Waals surface area (Å²) in [5.74, 6) is -0.195. The number of nitro groups is 1. The molecule has 0 fully saturated rings. The number of rotatable bonds is 4. The molecule has 19 heavy (non-hydrogen) atoms. The van der Waals surface area contributed by atoms with E-state index in [4.69, 9.17) is 8.83 Å². The molecule has 2 heterocycles. The third-order valence-electron chi connectivity index (χ3n) is 2.25. The summed E-state index contributed by atoms with van der Waals surface area (Å²) in [5.41, 5.74) is 2.62. The van der Waals surface area contributed by atoms with Gasteiger partial charge in [-0.1, -0.05) is 0 Å². The van der Waals surface area contributed by atoms with E-state index in [2.05, 4.69) is 10.5 Å². The third-order valence-corrected chi connectivity index (χ3v) is 2.25. The van der Waals surface area contributed by atoms with Crippen LogP contribution in [0.15, 0.2) is 38.4 Å². The van der Waals surface area contributed by atoms with Gasteiger partial charge in [-0.25, -0.2) is 5.43 Å². The van der Waals surface area contributed by atoms with Gasteiger partial charge in [-0.3, -0.25) is 14.9 Å². The highest BCUT2D eigenvalue weighted by molar-refractivity contribution is 5.95. The molecule has 2 aromatic rings. The predicted octanol–water partition coefficient (Wildman–Crippen LogP) is 1.85. The molecule has 0 atom stereocenters. The van der Waals surface area contributed by atoms with Crippen LogP contribution in [0.4, 0.5) is 5.88 Å². The Labute approximate surface area is 106 Å². The van der Waals surface area contributed by atoms with Crippen LogP contribution in [0.3, 0.4) is 0 Å². The molecule has 0 saturated heterocycles. The summed E-state index contributed by atoms with van der Waals surface area (Å²) in [6.45, 7) is 1.65. The first-order valence-electron chi connectivity index (χ1n) is 5.19. The molecule has 0 aliphatic heterocycles.